The number of nitrogens with zero attached hydrogens (tertiary/aromatic N) is 5. The van der Waals surface area contributed by atoms with Gasteiger partial charge < -0.3 is 0 Å². The summed E-state index contributed by atoms with van der Waals surface area (Å²) in [6.07, 6.45) is 0. The van der Waals surface area contributed by atoms with E-state index in [1.54, 1.807) is 4.68 Å². The molecule has 4 aromatic rings. The normalized spacial score (nSPS) is 11.7. The Morgan fingerprint density at radius 2 is 1.70 bits per heavy atom. The molecule has 33 heavy (non-hydrogen) atoms. The Labute approximate surface area is 198 Å². The lowest BCUT2D eigenvalue weighted by atomic mass is 9.87. The molecule has 0 aliphatic rings. The Bertz CT molecular complexity index is 1260. The van der Waals surface area contributed by atoms with E-state index in [0.29, 0.717) is 28.1 Å². The van der Waals surface area contributed by atoms with Crippen LogP contribution in [0.1, 0.15) is 67.7 Å². The topological polar surface area (TPSA) is 85.6 Å². The molecular formula is C25H28N6OS. The molecule has 170 valence electrons. The Kier molecular flexibility index (Phi) is 6.12. The van der Waals surface area contributed by atoms with Crippen LogP contribution >= 0.6 is 11.5 Å². The fourth-order valence-electron chi connectivity index (χ4n) is 3.44. The SMILES string of the molecule is Cc1c(-c2nsc(NC(=O)c3ccc(C(C)(C)C)cc3)n2)nnn1-c1ccc(C(C)C)cc1. The zero-order chi connectivity index (χ0) is 23.8. The molecule has 2 aromatic carbocycles. The number of rotatable bonds is 5. The van der Waals surface area contributed by atoms with Gasteiger partial charge in [-0.25, -0.2) is 4.68 Å². The summed E-state index contributed by atoms with van der Waals surface area (Å²) in [5.74, 6) is 0.695. The molecule has 0 fully saturated rings. The number of hydrogen-bond donors (Lipinski definition) is 1. The first kappa shape index (κ1) is 22.8. The second kappa shape index (κ2) is 8.86. The Balaban J connectivity index is 1.50. The first-order valence-electron chi connectivity index (χ1n) is 10.9. The van der Waals surface area contributed by atoms with Crippen LogP contribution in [0.3, 0.4) is 0 Å². The predicted molar refractivity (Wildman–Crippen MR) is 132 cm³/mol. The van der Waals surface area contributed by atoms with Crippen LogP contribution in [0, 0.1) is 6.92 Å². The van der Waals surface area contributed by atoms with Crippen molar-refractivity contribution >= 4 is 22.6 Å². The molecule has 2 aromatic heterocycles. The zero-order valence-electron chi connectivity index (χ0n) is 19.7. The van der Waals surface area contributed by atoms with E-state index in [9.17, 15) is 4.79 Å². The summed E-state index contributed by atoms with van der Waals surface area (Å²) >= 11 is 1.12. The van der Waals surface area contributed by atoms with Crippen molar-refractivity contribution in [3.05, 3.63) is 70.9 Å². The number of nitrogens with one attached hydrogen (secondary N) is 1. The molecule has 1 N–H and O–H groups in total. The van der Waals surface area contributed by atoms with Crippen molar-refractivity contribution in [3.63, 3.8) is 0 Å². The molecule has 0 saturated heterocycles. The minimum absolute atomic E-state index is 0.0366. The van der Waals surface area contributed by atoms with E-state index in [1.165, 1.54) is 11.1 Å². The van der Waals surface area contributed by atoms with Crippen molar-refractivity contribution in [2.45, 2.75) is 52.9 Å². The van der Waals surface area contributed by atoms with E-state index >= 15 is 0 Å². The smallest absolute Gasteiger partial charge is 0.257 e. The number of aromatic nitrogens is 5. The second-order valence-corrected chi connectivity index (χ2v) is 10.1. The number of carbonyl (C=O) groups excluding carboxylic acids is 1. The fraction of sp³-hybridized carbons (Fsp3) is 0.320. The van der Waals surface area contributed by atoms with E-state index < -0.39 is 0 Å². The van der Waals surface area contributed by atoms with Crippen molar-refractivity contribution < 1.29 is 4.79 Å². The van der Waals surface area contributed by atoms with Crippen molar-refractivity contribution in [1.82, 2.24) is 24.4 Å². The van der Waals surface area contributed by atoms with Gasteiger partial charge in [0.1, 0.15) is 0 Å². The standard InChI is InChI=1S/C25H28N6OS/c1-15(2)17-9-13-20(14-10-17)31-16(3)21(28-30-31)22-26-24(33-29-22)27-23(32)18-7-11-19(12-8-18)25(4,5)6/h7-15H,1-6H3,(H,26,27,29,32). The van der Waals surface area contributed by atoms with Crippen LogP contribution < -0.4 is 5.32 Å². The maximum atomic E-state index is 12.6. The van der Waals surface area contributed by atoms with Gasteiger partial charge in [-0.3, -0.25) is 10.1 Å². The van der Waals surface area contributed by atoms with Gasteiger partial charge in [0.25, 0.3) is 5.91 Å². The van der Waals surface area contributed by atoms with Crippen molar-refractivity contribution in [3.8, 4) is 17.2 Å². The summed E-state index contributed by atoms with van der Waals surface area (Å²) < 4.78 is 6.16. The van der Waals surface area contributed by atoms with Crippen LogP contribution in [0.5, 0.6) is 0 Å². The Hall–Kier alpha value is -3.39. The number of hydrogen-bond acceptors (Lipinski definition) is 6. The van der Waals surface area contributed by atoms with E-state index in [4.69, 9.17) is 0 Å². The average molecular weight is 461 g/mol. The highest BCUT2D eigenvalue weighted by molar-refractivity contribution is 7.10. The van der Waals surface area contributed by atoms with Gasteiger partial charge in [0.15, 0.2) is 11.5 Å². The summed E-state index contributed by atoms with van der Waals surface area (Å²) in [4.78, 5) is 17.1. The monoisotopic (exact) mass is 460 g/mol. The Morgan fingerprint density at radius 3 is 2.30 bits per heavy atom. The van der Waals surface area contributed by atoms with Crippen LogP contribution in [0.2, 0.25) is 0 Å². The van der Waals surface area contributed by atoms with Crippen molar-refractivity contribution in [2.24, 2.45) is 0 Å². The van der Waals surface area contributed by atoms with Gasteiger partial charge in [-0.1, -0.05) is 64.1 Å². The van der Waals surface area contributed by atoms with Gasteiger partial charge in [-0.05, 0) is 53.6 Å². The number of benzene rings is 2. The van der Waals surface area contributed by atoms with Gasteiger partial charge in [0.2, 0.25) is 5.13 Å². The van der Waals surface area contributed by atoms with Crippen molar-refractivity contribution in [1.29, 1.82) is 0 Å². The molecule has 7 nitrogen and oxygen atoms in total. The first-order valence-corrected chi connectivity index (χ1v) is 11.7. The van der Waals surface area contributed by atoms with Gasteiger partial charge in [0.05, 0.1) is 11.4 Å². The molecule has 8 heteroatoms. The van der Waals surface area contributed by atoms with E-state index in [2.05, 4.69) is 71.7 Å². The Morgan fingerprint density at radius 1 is 1.03 bits per heavy atom. The van der Waals surface area contributed by atoms with Gasteiger partial charge in [-0.2, -0.15) is 9.36 Å². The molecule has 0 aliphatic carbocycles. The maximum absolute atomic E-state index is 12.6. The third-order valence-corrected chi connectivity index (χ3v) is 6.20. The largest absolute Gasteiger partial charge is 0.297 e. The van der Waals surface area contributed by atoms with Gasteiger partial charge in [0, 0.05) is 17.1 Å². The van der Waals surface area contributed by atoms with Gasteiger partial charge >= 0.3 is 0 Å². The maximum Gasteiger partial charge on any atom is 0.257 e. The molecule has 4 rings (SSSR count). The molecule has 1 amide bonds. The minimum Gasteiger partial charge on any atom is -0.297 e. The number of amides is 1. The minimum atomic E-state index is -0.219. The lowest BCUT2D eigenvalue weighted by Crippen LogP contribution is -2.14. The molecule has 0 atom stereocenters. The molecule has 0 spiro atoms. The molecule has 0 aliphatic heterocycles. The third kappa shape index (κ3) is 4.85. The molecule has 2 heterocycles. The zero-order valence-corrected chi connectivity index (χ0v) is 20.6. The molecule has 0 bridgehead atoms. The summed E-state index contributed by atoms with van der Waals surface area (Å²) in [5, 5.41) is 11.8. The van der Waals surface area contributed by atoms with Crippen LogP contribution in [-0.4, -0.2) is 30.3 Å². The van der Waals surface area contributed by atoms with E-state index in [-0.39, 0.29) is 11.3 Å². The number of anilines is 1. The summed E-state index contributed by atoms with van der Waals surface area (Å²) in [6.45, 7) is 12.7. The van der Waals surface area contributed by atoms with E-state index in [0.717, 1.165) is 22.9 Å². The lowest BCUT2D eigenvalue weighted by molar-refractivity contribution is 0.102. The second-order valence-electron chi connectivity index (χ2n) is 9.39. The molecule has 0 saturated carbocycles. The quantitative estimate of drug-likeness (QED) is 0.409. The van der Waals surface area contributed by atoms with Crippen LogP contribution in [-0.2, 0) is 5.41 Å². The molecule has 0 unspecified atom stereocenters. The number of carbonyl (C=O) groups is 1. The van der Waals surface area contributed by atoms with Crippen LogP contribution in [0.15, 0.2) is 48.5 Å². The first-order chi connectivity index (χ1) is 15.6. The van der Waals surface area contributed by atoms with E-state index in [1.807, 2.05) is 43.3 Å². The van der Waals surface area contributed by atoms with Crippen LogP contribution in [0.25, 0.3) is 17.2 Å². The third-order valence-electron chi connectivity index (χ3n) is 5.57. The predicted octanol–water partition coefficient (Wildman–Crippen LogP) is 5.77. The van der Waals surface area contributed by atoms with Crippen molar-refractivity contribution in [2.75, 3.05) is 5.32 Å². The molecular weight excluding hydrogens is 432 g/mol. The summed E-state index contributed by atoms with van der Waals surface area (Å²) in [7, 11) is 0. The average Bonchev–Trinajstić information content (AvgIpc) is 3.39. The highest BCUT2D eigenvalue weighted by Gasteiger charge is 2.19. The highest BCUT2D eigenvalue weighted by Crippen LogP contribution is 2.26. The fourth-order valence-corrected chi connectivity index (χ4v) is 4.01. The molecule has 0 radical (unpaired) electrons. The summed E-state index contributed by atoms with van der Waals surface area (Å²) in [5.41, 5.74) is 5.41. The highest BCUT2D eigenvalue weighted by atomic mass is 32.1. The summed E-state index contributed by atoms with van der Waals surface area (Å²) in [6, 6.07) is 15.9. The van der Waals surface area contributed by atoms with Crippen LogP contribution in [0.4, 0.5) is 5.13 Å². The lowest BCUT2D eigenvalue weighted by Gasteiger charge is -2.18. The van der Waals surface area contributed by atoms with Gasteiger partial charge in [-0.15, -0.1) is 5.10 Å².